The standard InChI is InChI=1S/C14H17F/c1-11-8-9-14(15)13(10-11)7-3-6-12-4-2-5-12/h3,7-10,12H,2,4-6H2,1H3/b7-3-. The second-order valence-corrected chi connectivity index (χ2v) is 4.46. The van der Waals surface area contributed by atoms with Crippen LogP contribution in [0.25, 0.3) is 6.08 Å². The molecule has 2 rings (SSSR count). The van der Waals surface area contributed by atoms with E-state index < -0.39 is 0 Å². The van der Waals surface area contributed by atoms with Gasteiger partial charge in [0.25, 0.3) is 0 Å². The van der Waals surface area contributed by atoms with Crippen molar-refractivity contribution in [1.29, 1.82) is 0 Å². The first-order valence-electron chi connectivity index (χ1n) is 5.68. The van der Waals surface area contributed by atoms with E-state index in [1.807, 2.05) is 19.1 Å². The summed E-state index contributed by atoms with van der Waals surface area (Å²) in [5.41, 5.74) is 1.83. The summed E-state index contributed by atoms with van der Waals surface area (Å²) in [7, 11) is 0. The van der Waals surface area contributed by atoms with Gasteiger partial charge in [-0.15, -0.1) is 0 Å². The summed E-state index contributed by atoms with van der Waals surface area (Å²) in [5.74, 6) is 0.736. The molecule has 80 valence electrons. The molecular formula is C14H17F. The van der Waals surface area contributed by atoms with Crippen molar-refractivity contribution in [3.8, 4) is 0 Å². The van der Waals surface area contributed by atoms with E-state index in [4.69, 9.17) is 0 Å². The third-order valence-electron chi connectivity index (χ3n) is 3.14. The molecule has 0 N–H and O–H groups in total. The highest BCUT2D eigenvalue weighted by atomic mass is 19.1. The SMILES string of the molecule is Cc1ccc(F)c(/C=C\CC2CCC2)c1. The van der Waals surface area contributed by atoms with Gasteiger partial charge in [0, 0.05) is 5.56 Å². The monoisotopic (exact) mass is 204 g/mol. The zero-order chi connectivity index (χ0) is 10.7. The predicted molar refractivity (Wildman–Crippen MR) is 62.1 cm³/mol. The summed E-state index contributed by atoms with van der Waals surface area (Å²) >= 11 is 0. The molecule has 0 aromatic heterocycles. The Labute approximate surface area is 90.8 Å². The van der Waals surface area contributed by atoms with Gasteiger partial charge in [-0.1, -0.05) is 43.0 Å². The molecule has 1 aromatic rings. The summed E-state index contributed by atoms with van der Waals surface area (Å²) in [6, 6.07) is 5.24. The molecule has 0 amide bonds. The number of halogens is 1. The lowest BCUT2D eigenvalue weighted by Gasteiger charge is -2.23. The molecule has 0 unspecified atom stereocenters. The van der Waals surface area contributed by atoms with E-state index >= 15 is 0 Å². The summed E-state index contributed by atoms with van der Waals surface area (Å²) in [5, 5.41) is 0. The summed E-state index contributed by atoms with van der Waals surface area (Å²) in [6.45, 7) is 1.99. The van der Waals surface area contributed by atoms with Crippen LogP contribution in [0.15, 0.2) is 24.3 Å². The van der Waals surface area contributed by atoms with E-state index in [1.165, 1.54) is 19.3 Å². The molecule has 0 aliphatic heterocycles. The first kappa shape index (κ1) is 10.4. The minimum absolute atomic E-state index is 0.120. The van der Waals surface area contributed by atoms with Gasteiger partial charge in [-0.3, -0.25) is 0 Å². The molecule has 0 radical (unpaired) electrons. The molecule has 0 spiro atoms. The molecule has 1 heteroatoms. The van der Waals surface area contributed by atoms with Crippen LogP contribution < -0.4 is 0 Å². The summed E-state index contributed by atoms with van der Waals surface area (Å²) < 4.78 is 13.3. The quantitative estimate of drug-likeness (QED) is 0.687. The van der Waals surface area contributed by atoms with Crippen LogP contribution in [0.1, 0.15) is 36.8 Å². The molecule has 0 atom stereocenters. The van der Waals surface area contributed by atoms with Crippen LogP contribution >= 0.6 is 0 Å². The minimum atomic E-state index is -0.120. The molecule has 0 saturated heterocycles. The average Bonchev–Trinajstić information content (AvgIpc) is 2.15. The smallest absolute Gasteiger partial charge is 0.130 e. The molecular weight excluding hydrogens is 187 g/mol. The van der Waals surface area contributed by atoms with Gasteiger partial charge >= 0.3 is 0 Å². The van der Waals surface area contributed by atoms with Crippen LogP contribution in [0.2, 0.25) is 0 Å². The lowest BCUT2D eigenvalue weighted by atomic mass is 9.83. The number of allylic oxidation sites excluding steroid dienone is 1. The zero-order valence-corrected chi connectivity index (χ0v) is 9.17. The zero-order valence-electron chi connectivity index (χ0n) is 9.17. The minimum Gasteiger partial charge on any atom is -0.206 e. The lowest BCUT2D eigenvalue weighted by molar-refractivity contribution is 0.320. The fourth-order valence-corrected chi connectivity index (χ4v) is 1.91. The highest BCUT2D eigenvalue weighted by Crippen LogP contribution is 2.29. The predicted octanol–water partition coefficient (Wildman–Crippen LogP) is 4.34. The summed E-state index contributed by atoms with van der Waals surface area (Å²) in [6.07, 6.45) is 9.20. The van der Waals surface area contributed by atoms with E-state index in [0.717, 1.165) is 17.9 Å². The maximum Gasteiger partial charge on any atom is 0.130 e. The number of rotatable bonds is 3. The molecule has 0 nitrogen and oxygen atoms in total. The third-order valence-corrected chi connectivity index (χ3v) is 3.14. The third kappa shape index (κ3) is 2.68. The Morgan fingerprint density at radius 3 is 2.87 bits per heavy atom. The maximum absolute atomic E-state index is 13.3. The first-order chi connectivity index (χ1) is 7.25. The first-order valence-corrected chi connectivity index (χ1v) is 5.68. The van der Waals surface area contributed by atoms with Gasteiger partial charge < -0.3 is 0 Å². The average molecular weight is 204 g/mol. The van der Waals surface area contributed by atoms with Crippen molar-refractivity contribution in [2.75, 3.05) is 0 Å². The van der Waals surface area contributed by atoms with Gasteiger partial charge in [-0.25, -0.2) is 4.39 Å². The lowest BCUT2D eigenvalue weighted by Crippen LogP contribution is -2.08. The summed E-state index contributed by atoms with van der Waals surface area (Å²) in [4.78, 5) is 0. The Hall–Kier alpha value is -1.11. The van der Waals surface area contributed by atoms with Gasteiger partial charge in [-0.2, -0.15) is 0 Å². The number of aryl methyl sites for hydroxylation is 1. The van der Waals surface area contributed by atoms with Gasteiger partial charge in [0.05, 0.1) is 0 Å². The van der Waals surface area contributed by atoms with Crippen molar-refractivity contribution in [2.45, 2.75) is 32.6 Å². The van der Waals surface area contributed by atoms with E-state index in [0.29, 0.717) is 5.56 Å². The highest BCUT2D eigenvalue weighted by molar-refractivity contribution is 5.51. The Morgan fingerprint density at radius 2 is 2.20 bits per heavy atom. The van der Waals surface area contributed by atoms with Crippen LogP contribution in [0.3, 0.4) is 0 Å². The molecule has 1 aromatic carbocycles. The van der Waals surface area contributed by atoms with Crippen LogP contribution in [0.5, 0.6) is 0 Å². The molecule has 1 saturated carbocycles. The Balaban J connectivity index is 1.99. The van der Waals surface area contributed by atoms with Crippen molar-refractivity contribution < 1.29 is 4.39 Å². The maximum atomic E-state index is 13.3. The number of hydrogen-bond acceptors (Lipinski definition) is 0. The largest absolute Gasteiger partial charge is 0.206 e. The van der Waals surface area contributed by atoms with E-state index in [2.05, 4.69) is 6.08 Å². The molecule has 1 aliphatic rings. The molecule has 0 heterocycles. The fraction of sp³-hybridized carbons (Fsp3) is 0.429. The number of hydrogen-bond donors (Lipinski definition) is 0. The molecule has 0 bridgehead atoms. The van der Waals surface area contributed by atoms with E-state index in [1.54, 1.807) is 12.1 Å². The van der Waals surface area contributed by atoms with Crippen molar-refractivity contribution in [3.05, 3.63) is 41.2 Å². The van der Waals surface area contributed by atoms with Crippen molar-refractivity contribution in [2.24, 2.45) is 5.92 Å². The molecule has 15 heavy (non-hydrogen) atoms. The Morgan fingerprint density at radius 1 is 1.40 bits per heavy atom. The number of benzene rings is 1. The van der Waals surface area contributed by atoms with Crippen LogP contribution in [0, 0.1) is 18.7 Å². The highest BCUT2D eigenvalue weighted by Gasteiger charge is 2.14. The van der Waals surface area contributed by atoms with E-state index in [9.17, 15) is 4.39 Å². The Bertz CT molecular complexity index is 362. The van der Waals surface area contributed by atoms with Crippen LogP contribution in [0.4, 0.5) is 4.39 Å². The van der Waals surface area contributed by atoms with Gasteiger partial charge in [-0.05, 0) is 31.4 Å². The Kier molecular flexibility index (Phi) is 3.20. The second kappa shape index (κ2) is 4.61. The normalized spacial score (nSPS) is 16.9. The van der Waals surface area contributed by atoms with E-state index in [-0.39, 0.29) is 5.82 Å². The van der Waals surface area contributed by atoms with Gasteiger partial charge in [0.1, 0.15) is 5.82 Å². The fourth-order valence-electron chi connectivity index (χ4n) is 1.91. The van der Waals surface area contributed by atoms with Gasteiger partial charge in [0.2, 0.25) is 0 Å². The van der Waals surface area contributed by atoms with Crippen molar-refractivity contribution in [1.82, 2.24) is 0 Å². The molecule has 1 fully saturated rings. The van der Waals surface area contributed by atoms with Gasteiger partial charge in [0.15, 0.2) is 0 Å². The van der Waals surface area contributed by atoms with Crippen molar-refractivity contribution >= 4 is 6.08 Å². The topological polar surface area (TPSA) is 0 Å². The molecule has 1 aliphatic carbocycles. The van der Waals surface area contributed by atoms with Crippen LogP contribution in [-0.2, 0) is 0 Å². The van der Waals surface area contributed by atoms with Crippen molar-refractivity contribution in [3.63, 3.8) is 0 Å². The second-order valence-electron chi connectivity index (χ2n) is 4.46. The van der Waals surface area contributed by atoms with Crippen LogP contribution in [-0.4, -0.2) is 0 Å².